The van der Waals surface area contributed by atoms with E-state index >= 15 is 0 Å². The average Bonchev–Trinajstić information content (AvgIpc) is 2.13. The Hall–Kier alpha value is -1.51. The van der Waals surface area contributed by atoms with Crippen molar-refractivity contribution in [1.29, 1.82) is 0 Å². The molecule has 1 aromatic rings. The second-order valence-corrected chi connectivity index (χ2v) is 2.80. The maximum Gasteiger partial charge on any atom is 0.169 e. The number of hydrogen-bond acceptors (Lipinski definition) is 3. The van der Waals surface area contributed by atoms with E-state index in [0.29, 0.717) is 6.29 Å². The molecule has 1 aromatic carbocycles. The molecule has 0 unspecified atom stereocenters. The summed E-state index contributed by atoms with van der Waals surface area (Å²) in [5.74, 6) is -0.619. The smallest absolute Gasteiger partial charge is 0.169 e. The van der Waals surface area contributed by atoms with Gasteiger partial charge in [-0.05, 0) is 0 Å². The van der Waals surface area contributed by atoms with Crippen LogP contribution >= 0.6 is 0 Å². The van der Waals surface area contributed by atoms with Crippen LogP contribution in [0, 0.1) is 0 Å². The molecule has 0 aliphatic rings. The zero-order valence-corrected chi connectivity index (χ0v) is 7.36. The fourth-order valence-corrected chi connectivity index (χ4v) is 1.03. The quantitative estimate of drug-likeness (QED) is 0.276. The van der Waals surface area contributed by atoms with Crippen LogP contribution in [-0.2, 0) is 4.79 Å². The maximum absolute atomic E-state index is 11.2. The normalized spacial score (nSPS) is 9.71. The third kappa shape index (κ3) is 2.05. The van der Waals surface area contributed by atoms with Crippen molar-refractivity contribution in [3.05, 3.63) is 17.7 Å². The van der Waals surface area contributed by atoms with E-state index < -0.39 is 0 Å². The van der Waals surface area contributed by atoms with Gasteiger partial charge in [0.25, 0.3) is 0 Å². The van der Waals surface area contributed by atoms with Crippen molar-refractivity contribution >= 4 is 38.7 Å². The summed E-state index contributed by atoms with van der Waals surface area (Å²) >= 11 is 0. The Bertz CT molecular complexity index is 365. The predicted octanol–water partition coefficient (Wildman–Crippen LogP) is -1.25. The van der Waals surface area contributed by atoms with Gasteiger partial charge in [0.2, 0.25) is 0 Å². The Labute approximate surface area is 83.9 Å². The molecule has 14 heavy (non-hydrogen) atoms. The standard InChI is InChI=1S/C9H6B2O3/c10-6-3-5(8(13)1-2-12)4-7(11)9(6)14/h2-4,14H,1H2. The van der Waals surface area contributed by atoms with E-state index in [1.54, 1.807) is 0 Å². The second kappa shape index (κ2) is 4.13. The van der Waals surface area contributed by atoms with Gasteiger partial charge in [-0.25, -0.2) is 0 Å². The number of ketones is 1. The lowest BCUT2D eigenvalue weighted by atomic mass is 9.83. The van der Waals surface area contributed by atoms with Gasteiger partial charge in [0.05, 0.1) is 6.42 Å². The first kappa shape index (κ1) is 10.6. The number of hydrogen-bond donors (Lipinski definition) is 1. The van der Waals surface area contributed by atoms with Crippen molar-refractivity contribution < 1.29 is 14.7 Å². The van der Waals surface area contributed by atoms with Gasteiger partial charge in [0.15, 0.2) is 5.78 Å². The summed E-state index contributed by atoms with van der Waals surface area (Å²) in [6.45, 7) is 0. The van der Waals surface area contributed by atoms with Crippen molar-refractivity contribution in [2.24, 2.45) is 0 Å². The number of rotatable bonds is 3. The molecule has 0 amide bonds. The molecular weight excluding hydrogens is 178 g/mol. The van der Waals surface area contributed by atoms with E-state index in [9.17, 15) is 14.7 Å². The molecule has 66 valence electrons. The summed E-state index contributed by atoms with van der Waals surface area (Å²) in [4.78, 5) is 21.3. The molecule has 0 atom stereocenters. The van der Waals surface area contributed by atoms with Gasteiger partial charge < -0.3 is 9.90 Å². The van der Waals surface area contributed by atoms with Crippen LogP contribution in [0.4, 0.5) is 0 Å². The third-order valence-corrected chi connectivity index (χ3v) is 1.76. The lowest BCUT2D eigenvalue weighted by Gasteiger charge is -2.06. The molecule has 0 spiro atoms. The first-order chi connectivity index (χ1) is 6.56. The lowest BCUT2D eigenvalue weighted by molar-refractivity contribution is -0.107. The molecule has 4 radical (unpaired) electrons. The summed E-state index contributed by atoms with van der Waals surface area (Å²) in [6, 6.07) is 2.58. The SMILES string of the molecule is [B]c1cc(C(=O)CC=O)cc([B])c1O. The minimum Gasteiger partial charge on any atom is -0.509 e. The van der Waals surface area contributed by atoms with E-state index in [4.69, 9.17) is 15.7 Å². The summed E-state index contributed by atoms with van der Waals surface area (Å²) in [6.07, 6.45) is 0.283. The molecule has 1 rings (SSSR count). The van der Waals surface area contributed by atoms with E-state index in [-0.39, 0.29) is 34.4 Å². The molecular formula is C9H6B2O3. The van der Waals surface area contributed by atoms with Crippen molar-refractivity contribution in [3.8, 4) is 5.75 Å². The Morgan fingerprint density at radius 1 is 1.36 bits per heavy atom. The lowest BCUT2D eigenvalue weighted by Crippen LogP contribution is -2.18. The van der Waals surface area contributed by atoms with Gasteiger partial charge in [-0.15, -0.1) is 0 Å². The minimum absolute atomic E-state index is 0.0271. The Morgan fingerprint density at radius 2 is 1.86 bits per heavy atom. The van der Waals surface area contributed by atoms with E-state index in [1.807, 2.05) is 0 Å². The van der Waals surface area contributed by atoms with Crippen LogP contribution in [0.2, 0.25) is 0 Å². The van der Waals surface area contributed by atoms with Crippen LogP contribution in [0.25, 0.3) is 0 Å². The van der Waals surface area contributed by atoms with Crippen LogP contribution in [0.15, 0.2) is 12.1 Å². The fourth-order valence-electron chi connectivity index (χ4n) is 1.03. The monoisotopic (exact) mass is 184 g/mol. The summed E-state index contributed by atoms with van der Waals surface area (Å²) < 4.78 is 0. The Balaban J connectivity index is 3.12. The molecule has 1 N–H and O–H groups in total. The van der Waals surface area contributed by atoms with Gasteiger partial charge >= 0.3 is 0 Å². The summed E-state index contributed by atoms with van der Waals surface area (Å²) in [5.41, 5.74) is 0.281. The fraction of sp³-hybridized carbons (Fsp3) is 0.111. The van der Waals surface area contributed by atoms with E-state index in [1.165, 1.54) is 12.1 Å². The molecule has 5 heteroatoms. The van der Waals surface area contributed by atoms with Crippen molar-refractivity contribution in [3.63, 3.8) is 0 Å². The molecule has 0 aliphatic carbocycles. The van der Waals surface area contributed by atoms with E-state index in [2.05, 4.69) is 0 Å². The molecule has 0 aliphatic heterocycles. The third-order valence-electron chi connectivity index (χ3n) is 1.76. The second-order valence-electron chi connectivity index (χ2n) is 2.80. The number of phenols is 1. The number of carbonyl (C=O) groups excluding carboxylic acids is 2. The number of Topliss-reactive ketones (excluding diaryl/α,β-unsaturated/α-hetero) is 1. The Morgan fingerprint density at radius 3 is 2.29 bits per heavy atom. The highest BCUT2D eigenvalue weighted by Gasteiger charge is 2.08. The molecule has 0 fully saturated rings. The van der Waals surface area contributed by atoms with Crippen LogP contribution in [0.3, 0.4) is 0 Å². The first-order valence-electron chi connectivity index (χ1n) is 3.91. The minimum atomic E-state index is -0.376. The van der Waals surface area contributed by atoms with Crippen LogP contribution in [0.1, 0.15) is 16.8 Å². The van der Waals surface area contributed by atoms with Gasteiger partial charge in [0.1, 0.15) is 27.7 Å². The van der Waals surface area contributed by atoms with Gasteiger partial charge in [-0.1, -0.05) is 23.1 Å². The van der Waals surface area contributed by atoms with Gasteiger partial charge in [0, 0.05) is 5.56 Å². The van der Waals surface area contributed by atoms with Crippen molar-refractivity contribution in [2.45, 2.75) is 6.42 Å². The van der Waals surface area contributed by atoms with Crippen molar-refractivity contribution in [1.82, 2.24) is 0 Å². The largest absolute Gasteiger partial charge is 0.509 e. The number of benzene rings is 1. The number of aldehydes is 1. The zero-order valence-electron chi connectivity index (χ0n) is 7.36. The van der Waals surface area contributed by atoms with Gasteiger partial charge in [-0.2, -0.15) is 0 Å². The first-order valence-corrected chi connectivity index (χ1v) is 3.91. The number of phenolic OH excluding ortho intramolecular Hbond substituents is 1. The van der Waals surface area contributed by atoms with Crippen LogP contribution in [-0.4, -0.2) is 32.9 Å². The highest BCUT2D eigenvalue weighted by Crippen LogP contribution is 2.04. The Kier molecular flexibility index (Phi) is 3.12. The average molecular weight is 184 g/mol. The number of carbonyl (C=O) groups is 2. The zero-order chi connectivity index (χ0) is 10.7. The van der Waals surface area contributed by atoms with Gasteiger partial charge in [-0.3, -0.25) is 4.79 Å². The number of aromatic hydroxyl groups is 1. The molecule has 0 heterocycles. The highest BCUT2D eigenvalue weighted by atomic mass is 16.3. The molecule has 0 aromatic heterocycles. The molecule has 3 nitrogen and oxygen atoms in total. The van der Waals surface area contributed by atoms with Crippen LogP contribution in [0.5, 0.6) is 5.75 Å². The van der Waals surface area contributed by atoms with E-state index in [0.717, 1.165) is 0 Å². The molecule has 0 bridgehead atoms. The molecule has 0 saturated carbocycles. The molecule has 0 saturated heterocycles. The van der Waals surface area contributed by atoms with Crippen LogP contribution < -0.4 is 10.9 Å². The topological polar surface area (TPSA) is 54.4 Å². The predicted molar refractivity (Wildman–Crippen MR) is 53.9 cm³/mol. The maximum atomic E-state index is 11.2. The van der Waals surface area contributed by atoms with Crippen molar-refractivity contribution in [2.75, 3.05) is 0 Å². The summed E-state index contributed by atoms with van der Waals surface area (Å²) in [7, 11) is 10.8. The summed E-state index contributed by atoms with van der Waals surface area (Å²) in [5, 5.41) is 9.21. The highest BCUT2D eigenvalue weighted by molar-refractivity contribution is 6.41.